The van der Waals surface area contributed by atoms with Gasteiger partial charge in [-0.2, -0.15) is 0 Å². The Morgan fingerprint density at radius 1 is 1.07 bits per heavy atom. The molecule has 0 spiro atoms. The minimum Gasteiger partial charge on any atom is -0.493 e. The number of aryl methyl sites for hydroxylation is 2. The predicted molar refractivity (Wildman–Crippen MR) is 108 cm³/mol. The van der Waals surface area contributed by atoms with E-state index in [1.54, 1.807) is 12.1 Å². The van der Waals surface area contributed by atoms with Crippen LogP contribution in [0.2, 0.25) is 0 Å². The quantitative estimate of drug-likeness (QED) is 0.529. The number of carbonyl (C=O) groups excluding carboxylic acids is 2. The summed E-state index contributed by atoms with van der Waals surface area (Å²) in [4.78, 5) is 23.9. The van der Waals surface area contributed by atoms with Crippen LogP contribution in [0.15, 0.2) is 49.1 Å². The zero-order chi connectivity index (χ0) is 20.5. The van der Waals surface area contributed by atoms with Crippen molar-refractivity contribution >= 4 is 17.6 Å². The van der Waals surface area contributed by atoms with Crippen LogP contribution in [0.25, 0.3) is 0 Å². The van der Waals surface area contributed by atoms with Gasteiger partial charge in [-0.1, -0.05) is 30.3 Å². The number of esters is 1. The third kappa shape index (κ3) is 5.87. The average Bonchev–Trinajstić information content (AvgIpc) is 2.68. The number of nitrogens with one attached hydrogen (secondary N) is 1. The zero-order valence-corrected chi connectivity index (χ0v) is 16.4. The first kappa shape index (κ1) is 21.0. The van der Waals surface area contributed by atoms with Crippen LogP contribution in [0.1, 0.15) is 16.7 Å². The largest absolute Gasteiger partial charge is 0.493 e. The first-order valence-corrected chi connectivity index (χ1v) is 8.87. The molecule has 1 amide bonds. The second kappa shape index (κ2) is 10.2. The van der Waals surface area contributed by atoms with Crippen LogP contribution in [0.4, 0.5) is 5.69 Å². The summed E-state index contributed by atoms with van der Waals surface area (Å²) in [5, 5.41) is 2.76. The lowest BCUT2D eigenvalue weighted by Gasteiger charge is -2.13. The van der Waals surface area contributed by atoms with Crippen molar-refractivity contribution in [1.29, 1.82) is 0 Å². The summed E-state index contributed by atoms with van der Waals surface area (Å²) in [6.45, 7) is 6.79. The third-order valence-corrected chi connectivity index (χ3v) is 4.06. The molecule has 2 aromatic rings. The highest BCUT2D eigenvalue weighted by Crippen LogP contribution is 2.28. The van der Waals surface area contributed by atoms with Gasteiger partial charge in [0.25, 0.3) is 5.91 Å². The van der Waals surface area contributed by atoms with Gasteiger partial charge in [-0.15, -0.1) is 6.58 Å². The number of anilines is 1. The van der Waals surface area contributed by atoms with E-state index in [1.807, 2.05) is 44.2 Å². The van der Waals surface area contributed by atoms with Crippen LogP contribution in [0.5, 0.6) is 11.5 Å². The molecule has 6 heteroatoms. The minimum atomic E-state index is -0.645. The number of hydrogen-bond donors (Lipinski definition) is 1. The third-order valence-electron chi connectivity index (χ3n) is 4.06. The van der Waals surface area contributed by atoms with Crippen molar-refractivity contribution in [2.75, 3.05) is 25.6 Å². The first-order valence-electron chi connectivity index (χ1n) is 8.87. The van der Waals surface area contributed by atoms with Gasteiger partial charge in [0.05, 0.1) is 7.11 Å². The van der Waals surface area contributed by atoms with E-state index in [2.05, 4.69) is 11.9 Å². The molecule has 0 aliphatic heterocycles. The second-order valence-corrected chi connectivity index (χ2v) is 6.24. The van der Waals surface area contributed by atoms with E-state index in [1.165, 1.54) is 7.11 Å². The molecular formula is C22H25NO5. The van der Waals surface area contributed by atoms with Crippen LogP contribution in [-0.4, -0.2) is 32.2 Å². The molecule has 0 aromatic heterocycles. The Balaban J connectivity index is 1.84. The van der Waals surface area contributed by atoms with Crippen LogP contribution in [0.3, 0.4) is 0 Å². The van der Waals surface area contributed by atoms with Crippen molar-refractivity contribution in [3.05, 3.63) is 65.7 Å². The summed E-state index contributed by atoms with van der Waals surface area (Å²) in [6, 6.07) is 11.1. The van der Waals surface area contributed by atoms with Gasteiger partial charge in [0.1, 0.15) is 0 Å². The number of methoxy groups -OCH3 is 1. The molecule has 6 nitrogen and oxygen atoms in total. The number of carbonyl (C=O) groups is 2. The summed E-state index contributed by atoms with van der Waals surface area (Å²) in [5.74, 6) is -0.113. The fourth-order valence-corrected chi connectivity index (χ4v) is 2.64. The van der Waals surface area contributed by atoms with Gasteiger partial charge in [-0.05, 0) is 49.1 Å². The van der Waals surface area contributed by atoms with Crippen LogP contribution in [-0.2, 0) is 20.7 Å². The van der Waals surface area contributed by atoms with Gasteiger partial charge in [0.15, 0.2) is 24.7 Å². The summed E-state index contributed by atoms with van der Waals surface area (Å²) in [7, 11) is 1.52. The van der Waals surface area contributed by atoms with Gasteiger partial charge in [-0.25, -0.2) is 4.79 Å². The van der Waals surface area contributed by atoms with Crippen molar-refractivity contribution in [2.45, 2.75) is 20.3 Å². The van der Waals surface area contributed by atoms with E-state index in [4.69, 9.17) is 14.2 Å². The van der Waals surface area contributed by atoms with Crippen LogP contribution >= 0.6 is 0 Å². The lowest BCUT2D eigenvalue weighted by atomic mass is 10.1. The van der Waals surface area contributed by atoms with Gasteiger partial charge < -0.3 is 19.5 Å². The summed E-state index contributed by atoms with van der Waals surface area (Å²) < 4.78 is 15.7. The molecule has 148 valence electrons. The van der Waals surface area contributed by atoms with E-state index >= 15 is 0 Å². The topological polar surface area (TPSA) is 73.9 Å². The highest BCUT2D eigenvalue weighted by atomic mass is 16.6. The lowest BCUT2D eigenvalue weighted by molar-refractivity contribution is -0.149. The molecule has 0 saturated heterocycles. The van der Waals surface area contributed by atoms with Gasteiger partial charge in [0.2, 0.25) is 0 Å². The van der Waals surface area contributed by atoms with Gasteiger partial charge in [-0.3, -0.25) is 4.79 Å². The molecule has 1 N–H and O–H groups in total. The molecule has 0 aliphatic carbocycles. The summed E-state index contributed by atoms with van der Waals surface area (Å²) in [5.41, 5.74) is 3.62. The molecule has 28 heavy (non-hydrogen) atoms. The Morgan fingerprint density at radius 3 is 2.43 bits per heavy atom. The van der Waals surface area contributed by atoms with Crippen molar-refractivity contribution in [3.63, 3.8) is 0 Å². The molecule has 0 saturated carbocycles. The monoisotopic (exact) mass is 383 g/mol. The maximum atomic E-state index is 12.0. The van der Waals surface area contributed by atoms with Crippen molar-refractivity contribution in [3.8, 4) is 11.5 Å². The van der Waals surface area contributed by atoms with Crippen molar-refractivity contribution < 1.29 is 23.8 Å². The van der Waals surface area contributed by atoms with Crippen LogP contribution in [0, 0.1) is 13.8 Å². The fourth-order valence-electron chi connectivity index (χ4n) is 2.64. The number of allylic oxidation sites excluding steroid dienone is 1. The van der Waals surface area contributed by atoms with E-state index < -0.39 is 11.9 Å². The summed E-state index contributed by atoms with van der Waals surface area (Å²) >= 11 is 0. The molecule has 0 fully saturated rings. The summed E-state index contributed by atoms with van der Waals surface area (Å²) in [6.07, 6.45) is 2.49. The Labute approximate surface area is 165 Å². The zero-order valence-electron chi connectivity index (χ0n) is 16.4. The normalized spacial score (nSPS) is 10.1. The standard InChI is InChI=1S/C22H25NO5/c1-5-7-17-10-11-18(19(12-17)26-4)27-14-21(25)28-13-20(24)23-22-15(2)8-6-9-16(22)3/h5-6,8-12H,1,7,13-14H2,2-4H3,(H,23,24). The molecule has 0 aliphatic rings. The molecule has 0 bridgehead atoms. The van der Waals surface area contributed by atoms with Gasteiger partial charge >= 0.3 is 5.97 Å². The first-order chi connectivity index (χ1) is 13.4. The fraction of sp³-hybridized carbons (Fsp3) is 0.273. The number of rotatable bonds is 9. The average molecular weight is 383 g/mol. The smallest absolute Gasteiger partial charge is 0.344 e. The highest BCUT2D eigenvalue weighted by Gasteiger charge is 2.12. The number of benzene rings is 2. The predicted octanol–water partition coefficient (Wildman–Crippen LogP) is 3.60. The maximum Gasteiger partial charge on any atom is 0.344 e. The number of amides is 1. The Hall–Kier alpha value is -3.28. The Morgan fingerprint density at radius 2 is 1.79 bits per heavy atom. The van der Waals surface area contributed by atoms with Crippen molar-refractivity contribution in [1.82, 2.24) is 0 Å². The van der Waals surface area contributed by atoms with Crippen molar-refractivity contribution in [2.24, 2.45) is 0 Å². The maximum absolute atomic E-state index is 12.0. The van der Waals surface area contributed by atoms with E-state index in [0.29, 0.717) is 17.9 Å². The molecule has 0 radical (unpaired) electrons. The number of hydrogen-bond acceptors (Lipinski definition) is 5. The van der Waals surface area contributed by atoms with E-state index in [0.717, 1.165) is 22.4 Å². The molecule has 2 aromatic carbocycles. The van der Waals surface area contributed by atoms with E-state index in [-0.39, 0.29) is 13.2 Å². The number of para-hydroxylation sites is 1. The molecular weight excluding hydrogens is 358 g/mol. The second-order valence-electron chi connectivity index (χ2n) is 6.24. The minimum absolute atomic E-state index is 0.326. The SMILES string of the molecule is C=CCc1ccc(OCC(=O)OCC(=O)Nc2c(C)cccc2C)c(OC)c1. The highest BCUT2D eigenvalue weighted by molar-refractivity contribution is 5.94. The lowest BCUT2D eigenvalue weighted by Crippen LogP contribution is -2.24. The van der Waals surface area contributed by atoms with Crippen LogP contribution < -0.4 is 14.8 Å². The Kier molecular flexibility index (Phi) is 7.63. The Bertz CT molecular complexity index is 840. The van der Waals surface area contributed by atoms with E-state index in [9.17, 15) is 9.59 Å². The van der Waals surface area contributed by atoms with Gasteiger partial charge in [0, 0.05) is 5.69 Å². The number of ether oxygens (including phenoxy) is 3. The molecule has 0 heterocycles. The molecule has 0 atom stereocenters. The molecule has 2 rings (SSSR count). The molecule has 0 unspecified atom stereocenters.